The fourth-order valence-electron chi connectivity index (χ4n) is 1.60. The van der Waals surface area contributed by atoms with Gasteiger partial charge in [-0.15, -0.1) is 0 Å². The van der Waals surface area contributed by atoms with Crippen LogP contribution in [0.15, 0.2) is 0 Å². The molecule has 0 aromatic rings. The predicted molar refractivity (Wildman–Crippen MR) is 87.0 cm³/mol. The number of aliphatic carboxylic acids is 2. The number of carbonyl (C=O) groups is 3. The molecule has 0 saturated carbocycles. The molecule has 0 unspecified atom stereocenters. The minimum atomic E-state index is -5.08. The molecule has 0 aromatic carbocycles. The molecule has 0 aliphatic rings. The molecule has 0 saturated heterocycles. The average Bonchev–Trinajstić information content (AvgIpc) is 2.53. The van der Waals surface area contributed by atoms with Crippen molar-refractivity contribution < 1.29 is 37.8 Å². The van der Waals surface area contributed by atoms with Crippen LogP contribution in [0, 0.1) is 0 Å². The first kappa shape index (κ1) is 26.3. The van der Waals surface area contributed by atoms with E-state index in [0.717, 1.165) is 12.8 Å². The molecule has 0 rings (SSSR count). The minimum Gasteiger partial charge on any atom is -0.480 e. The van der Waals surface area contributed by atoms with E-state index >= 15 is 0 Å². The summed E-state index contributed by atoms with van der Waals surface area (Å²) in [6, 6.07) is -1.32. The summed E-state index contributed by atoms with van der Waals surface area (Å²) in [5, 5.41) is 18.4. The molecule has 1 amide bonds. The zero-order chi connectivity index (χ0) is 20.8. The maximum absolute atomic E-state index is 11.6. The third kappa shape index (κ3) is 15.6. The molecule has 12 heteroatoms. The Hall–Kier alpha value is -1.92. The van der Waals surface area contributed by atoms with Gasteiger partial charge in [0.1, 0.15) is 6.04 Å². The molecule has 0 heterocycles. The molecule has 2 atom stereocenters. The largest absolute Gasteiger partial charge is 0.490 e. The lowest BCUT2D eigenvalue weighted by atomic mass is 10.1. The van der Waals surface area contributed by atoms with Gasteiger partial charge in [0.25, 0.3) is 0 Å². The fraction of sp³-hybridized carbons (Fsp3) is 0.786. The Morgan fingerprint density at radius 3 is 1.81 bits per heavy atom. The Kier molecular flexibility index (Phi) is 14.4. The topological polar surface area (TPSA) is 182 Å². The number of rotatable bonds is 11. The highest BCUT2D eigenvalue weighted by molar-refractivity contribution is 5.81. The van der Waals surface area contributed by atoms with Crippen molar-refractivity contribution >= 4 is 17.8 Å². The quantitative estimate of drug-likeness (QED) is 0.262. The summed E-state index contributed by atoms with van der Waals surface area (Å²) < 4.78 is 31.7. The number of amides is 1. The number of carboxylic acids is 2. The summed E-state index contributed by atoms with van der Waals surface area (Å²) in [6.45, 7) is 1.11. The molecule has 0 aliphatic heterocycles. The molecular weight excluding hydrogens is 361 g/mol. The van der Waals surface area contributed by atoms with Crippen LogP contribution >= 0.6 is 0 Å². The fourth-order valence-corrected chi connectivity index (χ4v) is 1.60. The lowest BCUT2D eigenvalue weighted by Gasteiger charge is -2.12. The van der Waals surface area contributed by atoms with Gasteiger partial charge in [0.2, 0.25) is 5.91 Å². The van der Waals surface area contributed by atoms with Crippen LogP contribution in [0.5, 0.6) is 0 Å². The molecule has 0 aliphatic carbocycles. The molecule has 154 valence electrons. The summed E-state index contributed by atoms with van der Waals surface area (Å²) in [6.07, 6.45) is -0.967. The lowest BCUT2D eigenvalue weighted by molar-refractivity contribution is -0.192. The molecule has 0 bridgehead atoms. The number of carbonyl (C=O) groups excluding carboxylic acids is 1. The van der Waals surface area contributed by atoms with E-state index in [1.807, 2.05) is 0 Å². The molecule has 26 heavy (non-hydrogen) atoms. The summed E-state index contributed by atoms with van der Waals surface area (Å²) >= 11 is 0. The Balaban J connectivity index is 0. The maximum atomic E-state index is 11.6. The van der Waals surface area contributed by atoms with Crippen molar-refractivity contribution in [2.24, 2.45) is 17.2 Å². The molecule has 9 N–H and O–H groups in total. The van der Waals surface area contributed by atoms with E-state index in [2.05, 4.69) is 5.32 Å². The van der Waals surface area contributed by atoms with Gasteiger partial charge in [-0.05, 0) is 38.6 Å². The second kappa shape index (κ2) is 14.3. The van der Waals surface area contributed by atoms with Crippen molar-refractivity contribution in [1.29, 1.82) is 0 Å². The monoisotopic (exact) mass is 388 g/mol. The van der Waals surface area contributed by atoms with E-state index in [1.165, 1.54) is 0 Å². The van der Waals surface area contributed by atoms with Crippen LogP contribution in [0.1, 0.15) is 38.5 Å². The van der Waals surface area contributed by atoms with E-state index < -0.39 is 30.2 Å². The highest BCUT2D eigenvalue weighted by Crippen LogP contribution is 2.13. The number of unbranched alkanes of at least 4 members (excludes halogenated alkanes) is 2. The summed E-state index contributed by atoms with van der Waals surface area (Å²) in [7, 11) is 0. The van der Waals surface area contributed by atoms with Crippen LogP contribution in [-0.2, 0) is 14.4 Å². The molecular formula is C14H27F3N4O5. The highest BCUT2D eigenvalue weighted by Gasteiger charge is 2.38. The SMILES string of the molecule is NCCCC[C@@H](N)C(=O)NCCCC[C@H](N)C(=O)O.O=C(O)C(F)(F)F. The van der Waals surface area contributed by atoms with Crippen molar-refractivity contribution in [2.75, 3.05) is 13.1 Å². The lowest BCUT2D eigenvalue weighted by Crippen LogP contribution is -2.41. The smallest absolute Gasteiger partial charge is 0.480 e. The zero-order valence-corrected chi connectivity index (χ0v) is 14.3. The first-order valence-corrected chi connectivity index (χ1v) is 7.95. The van der Waals surface area contributed by atoms with Crippen molar-refractivity contribution in [3.63, 3.8) is 0 Å². The summed E-state index contributed by atoms with van der Waals surface area (Å²) in [4.78, 5) is 30.9. The Bertz CT molecular complexity index is 435. The van der Waals surface area contributed by atoms with Gasteiger partial charge in [-0.1, -0.05) is 6.42 Å². The van der Waals surface area contributed by atoms with Crippen LogP contribution < -0.4 is 22.5 Å². The number of hydrogen-bond acceptors (Lipinski definition) is 6. The number of nitrogens with two attached hydrogens (primary N) is 3. The van der Waals surface area contributed by atoms with Crippen LogP contribution in [0.3, 0.4) is 0 Å². The summed E-state index contributed by atoms with van der Waals surface area (Å²) in [5.74, 6) is -3.92. The molecule has 0 fully saturated rings. The van der Waals surface area contributed by atoms with Gasteiger partial charge in [-0.25, -0.2) is 4.79 Å². The minimum absolute atomic E-state index is 0.167. The van der Waals surface area contributed by atoms with Crippen LogP contribution in [-0.4, -0.2) is 59.4 Å². The van der Waals surface area contributed by atoms with Gasteiger partial charge in [0.05, 0.1) is 6.04 Å². The molecule has 0 aromatic heterocycles. The Morgan fingerprint density at radius 1 is 0.923 bits per heavy atom. The number of carboxylic acid groups (broad SMARTS) is 2. The Morgan fingerprint density at radius 2 is 1.38 bits per heavy atom. The predicted octanol–water partition coefficient (Wildman–Crippen LogP) is -0.226. The first-order chi connectivity index (χ1) is 11.9. The van der Waals surface area contributed by atoms with Crippen molar-refractivity contribution in [1.82, 2.24) is 5.32 Å². The van der Waals surface area contributed by atoms with Crippen molar-refractivity contribution in [3.8, 4) is 0 Å². The van der Waals surface area contributed by atoms with E-state index in [9.17, 15) is 22.8 Å². The van der Waals surface area contributed by atoms with Gasteiger partial charge < -0.3 is 32.7 Å². The zero-order valence-electron chi connectivity index (χ0n) is 14.3. The third-order valence-electron chi connectivity index (χ3n) is 3.11. The third-order valence-corrected chi connectivity index (χ3v) is 3.11. The normalized spacial score (nSPS) is 13.2. The maximum Gasteiger partial charge on any atom is 0.490 e. The number of alkyl halides is 3. The van der Waals surface area contributed by atoms with Crippen LogP contribution in [0.25, 0.3) is 0 Å². The molecule has 0 spiro atoms. The van der Waals surface area contributed by atoms with E-state index in [-0.39, 0.29) is 5.91 Å². The highest BCUT2D eigenvalue weighted by atomic mass is 19.4. The van der Waals surface area contributed by atoms with Crippen molar-refractivity contribution in [3.05, 3.63) is 0 Å². The first-order valence-electron chi connectivity index (χ1n) is 7.95. The van der Waals surface area contributed by atoms with Crippen molar-refractivity contribution in [2.45, 2.75) is 56.8 Å². The standard InChI is InChI=1S/C12H26N4O3.C2HF3O2/c13-7-3-1-5-9(14)11(17)16-8-4-2-6-10(15)12(18)19;3-2(4,5)1(6)7/h9-10H,1-8,13-15H2,(H,16,17)(H,18,19);(H,6,7)/t9-,10+;/m1./s1. The second-order valence-electron chi connectivity index (χ2n) is 5.43. The van der Waals surface area contributed by atoms with Crippen LogP contribution in [0.2, 0.25) is 0 Å². The van der Waals surface area contributed by atoms with Crippen LogP contribution in [0.4, 0.5) is 13.2 Å². The van der Waals surface area contributed by atoms with E-state index in [4.69, 9.17) is 32.2 Å². The summed E-state index contributed by atoms with van der Waals surface area (Å²) in [5.41, 5.74) is 16.4. The second-order valence-corrected chi connectivity index (χ2v) is 5.43. The Labute approximate surface area is 149 Å². The average molecular weight is 388 g/mol. The number of hydrogen-bond donors (Lipinski definition) is 6. The van der Waals surface area contributed by atoms with Gasteiger partial charge in [-0.3, -0.25) is 9.59 Å². The van der Waals surface area contributed by atoms with Gasteiger partial charge >= 0.3 is 18.1 Å². The van der Waals surface area contributed by atoms with E-state index in [1.54, 1.807) is 0 Å². The molecule has 9 nitrogen and oxygen atoms in total. The van der Waals surface area contributed by atoms with E-state index in [0.29, 0.717) is 38.8 Å². The number of halogens is 3. The number of nitrogens with one attached hydrogen (secondary N) is 1. The van der Waals surface area contributed by atoms with Gasteiger partial charge in [0, 0.05) is 6.54 Å². The molecule has 0 radical (unpaired) electrons. The van der Waals surface area contributed by atoms with Gasteiger partial charge in [0.15, 0.2) is 0 Å². The van der Waals surface area contributed by atoms with Gasteiger partial charge in [-0.2, -0.15) is 13.2 Å².